The Morgan fingerprint density at radius 1 is 1.29 bits per heavy atom. The number of halogens is 2. The van der Waals surface area contributed by atoms with Crippen LogP contribution in [0.4, 0.5) is 4.39 Å². The first-order valence-electron chi connectivity index (χ1n) is 11.0. The number of guanidine groups is 1. The number of aliphatic hydroxyl groups excluding tert-OH is 1. The molecule has 176 valence electrons. The van der Waals surface area contributed by atoms with Gasteiger partial charge in [-0.2, -0.15) is 0 Å². The van der Waals surface area contributed by atoms with Crippen LogP contribution >= 0.6 is 24.0 Å². The maximum atomic E-state index is 12.9. The molecule has 2 unspecified atom stereocenters. The monoisotopic (exact) mass is 550 g/mol. The van der Waals surface area contributed by atoms with Crippen LogP contribution in [0, 0.1) is 11.7 Å². The van der Waals surface area contributed by atoms with E-state index in [0.29, 0.717) is 17.7 Å². The lowest BCUT2D eigenvalue weighted by atomic mass is 10.0. The molecule has 0 radical (unpaired) electrons. The van der Waals surface area contributed by atoms with E-state index in [4.69, 9.17) is 9.47 Å². The van der Waals surface area contributed by atoms with Gasteiger partial charge in [-0.1, -0.05) is 0 Å². The topological polar surface area (TPSA) is 78.4 Å². The highest BCUT2D eigenvalue weighted by molar-refractivity contribution is 14.0. The van der Waals surface area contributed by atoms with Crippen LogP contribution < -0.4 is 15.4 Å². The molecular formula is C22H36FIN4O3. The maximum absolute atomic E-state index is 12.9. The van der Waals surface area contributed by atoms with Gasteiger partial charge in [-0.15, -0.1) is 24.0 Å². The number of nitrogens with one attached hydrogen (secondary N) is 2. The summed E-state index contributed by atoms with van der Waals surface area (Å²) in [4.78, 5) is 7.05. The van der Waals surface area contributed by atoms with Crippen molar-refractivity contribution in [2.75, 3.05) is 52.5 Å². The summed E-state index contributed by atoms with van der Waals surface area (Å²) < 4.78 is 23.9. The highest BCUT2D eigenvalue weighted by Crippen LogP contribution is 2.17. The summed E-state index contributed by atoms with van der Waals surface area (Å²) in [5.41, 5.74) is 0. The largest absolute Gasteiger partial charge is 0.491 e. The highest BCUT2D eigenvalue weighted by Gasteiger charge is 2.24. The van der Waals surface area contributed by atoms with Crippen molar-refractivity contribution in [2.24, 2.45) is 10.9 Å². The summed E-state index contributed by atoms with van der Waals surface area (Å²) in [7, 11) is 0. The van der Waals surface area contributed by atoms with Gasteiger partial charge in [-0.05, 0) is 56.4 Å². The molecule has 0 aliphatic carbocycles. The number of ether oxygens (including phenoxy) is 2. The van der Waals surface area contributed by atoms with Crippen molar-refractivity contribution in [2.45, 2.75) is 38.3 Å². The summed E-state index contributed by atoms with van der Waals surface area (Å²) in [6.45, 7) is 8.25. The highest BCUT2D eigenvalue weighted by atomic mass is 127. The molecule has 3 rings (SSSR count). The third kappa shape index (κ3) is 9.46. The molecule has 0 saturated carbocycles. The van der Waals surface area contributed by atoms with Crippen LogP contribution in [0.3, 0.4) is 0 Å². The van der Waals surface area contributed by atoms with E-state index in [9.17, 15) is 9.50 Å². The van der Waals surface area contributed by atoms with Crippen molar-refractivity contribution in [3.8, 4) is 5.75 Å². The summed E-state index contributed by atoms with van der Waals surface area (Å²) in [6, 6.07) is 6.14. The summed E-state index contributed by atoms with van der Waals surface area (Å²) >= 11 is 0. The molecule has 0 bridgehead atoms. The number of hydrogen-bond acceptors (Lipinski definition) is 5. The molecule has 2 fully saturated rings. The maximum Gasteiger partial charge on any atom is 0.191 e. The quantitative estimate of drug-likeness (QED) is 0.249. The number of likely N-dealkylation sites (tertiary alicyclic amines) is 1. The lowest BCUT2D eigenvalue weighted by Crippen LogP contribution is -2.49. The number of piperidine rings is 1. The predicted octanol–water partition coefficient (Wildman–Crippen LogP) is 2.24. The van der Waals surface area contributed by atoms with Crippen molar-refractivity contribution >= 4 is 29.9 Å². The van der Waals surface area contributed by atoms with E-state index in [1.54, 1.807) is 12.1 Å². The van der Waals surface area contributed by atoms with E-state index in [1.807, 2.05) is 6.92 Å². The van der Waals surface area contributed by atoms with Crippen molar-refractivity contribution in [3.63, 3.8) is 0 Å². The first kappa shape index (κ1) is 26.1. The van der Waals surface area contributed by atoms with Gasteiger partial charge < -0.3 is 30.1 Å². The normalized spacial score (nSPS) is 21.4. The predicted molar refractivity (Wildman–Crippen MR) is 131 cm³/mol. The van der Waals surface area contributed by atoms with E-state index in [1.165, 1.54) is 18.6 Å². The van der Waals surface area contributed by atoms with E-state index in [-0.39, 0.29) is 42.9 Å². The molecule has 0 aromatic heterocycles. The van der Waals surface area contributed by atoms with Crippen LogP contribution in [0.15, 0.2) is 29.3 Å². The van der Waals surface area contributed by atoms with Crippen LogP contribution in [0.1, 0.15) is 26.2 Å². The van der Waals surface area contributed by atoms with Crippen LogP contribution in [-0.4, -0.2) is 80.7 Å². The number of benzene rings is 1. The van der Waals surface area contributed by atoms with Gasteiger partial charge >= 0.3 is 0 Å². The third-order valence-electron chi connectivity index (χ3n) is 5.53. The SMILES string of the molecule is CCNC(=NCC(O)COc1ccc(F)cc1)NC1CCN(CC2CCOC2)CC1.I. The Kier molecular flexibility index (Phi) is 11.8. The minimum absolute atomic E-state index is 0. The Morgan fingerprint density at radius 3 is 2.68 bits per heavy atom. The number of aliphatic hydroxyl groups is 1. The average Bonchev–Trinajstić information content (AvgIpc) is 3.26. The minimum Gasteiger partial charge on any atom is -0.491 e. The Hall–Kier alpha value is -1.17. The van der Waals surface area contributed by atoms with E-state index in [2.05, 4.69) is 20.5 Å². The Morgan fingerprint density at radius 2 is 2.03 bits per heavy atom. The second kappa shape index (κ2) is 14.1. The second-order valence-corrected chi connectivity index (χ2v) is 8.09. The number of rotatable bonds is 9. The standard InChI is InChI=1S/C22H35FN4O3.HI/c1-2-24-22(25-13-20(28)16-30-21-5-3-18(23)4-6-21)26-19-7-10-27(11-8-19)14-17-9-12-29-15-17;/h3-6,17,19-20,28H,2,7-16H2,1H3,(H2,24,25,26);1H. The van der Waals surface area contributed by atoms with Crippen molar-refractivity contribution < 1.29 is 19.0 Å². The van der Waals surface area contributed by atoms with Gasteiger partial charge in [0.1, 0.15) is 24.3 Å². The average molecular weight is 550 g/mol. The fraction of sp³-hybridized carbons (Fsp3) is 0.682. The molecule has 2 aliphatic heterocycles. The first-order chi connectivity index (χ1) is 14.6. The third-order valence-corrected chi connectivity index (χ3v) is 5.53. The molecule has 0 amide bonds. The van der Waals surface area contributed by atoms with Gasteiger partial charge in [-0.3, -0.25) is 4.99 Å². The van der Waals surface area contributed by atoms with Crippen molar-refractivity contribution in [1.29, 1.82) is 0 Å². The molecule has 2 heterocycles. The van der Waals surface area contributed by atoms with Gasteiger partial charge in [0.2, 0.25) is 0 Å². The molecule has 31 heavy (non-hydrogen) atoms. The van der Waals surface area contributed by atoms with Gasteiger partial charge in [0, 0.05) is 38.8 Å². The molecule has 3 N–H and O–H groups in total. The van der Waals surface area contributed by atoms with E-state index >= 15 is 0 Å². The zero-order valence-corrected chi connectivity index (χ0v) is 20.6. The molecule has 2 saturated heterocycles. The zero-order valence-electron chi connectivity index (χ0n) is 18.3. The minimum atomic E-state index is -0.735. The van der Waals surface area contributed by atoms with Crippen LogP contribution in [0.25, 0.3) is 0 Å². The van der Waals surface area contributed by atoms with Gasteiger partial charge in [0.05, 0.1) is 13.2 Å². The Balaban J connectivity index is 0.00000341. The molecule has 7 nitrogen and oxygen atoms in total. The van der Waals surface area contributed by atoms with Crippen LogP contribution in [0.2, 0.25) is 0 Å². The van der Waals surface area contributed by atoms with Gasteiger partial charge in [-0.25, -0.2) is 4.39 Å². The zero-order chi connectivity index (χ0) is 21.2. The van der Waals surface area contributed by atoms with Gasteiger partial charge in [0.25, 0.3) is 0 Å². The number of aliphatic imine (C=N–C) groups is 1. The fourth-order valence-electron chi connectivity index (χ4n) is 3.84. The molecule has 1 aromatic carbocycles. The molecular weight excluding hydrogens is 514 g/mol. The Labute approximate surface area is 201 Å². The van der Waals surface area contributed by atoms with Gasteiger partial charge in [0.15, 0.2) is 5.96 Å². The second-order valence-electron chi connectivity index (χ2n) is 8.09. The lowest BCUT2D eigenvalue weighted by Gasteiger charge is -2.34. The molecule has 1 aromatic rings. The van der Waals surface area contributed by atoms with Crippen LogP contribution in [-0.2, 0) is 4.74 Å². The first-order valence-corrected chi connectivity index (χ1v) is 11.0. The molecule has 0 spiro atoms. The van der Waals surface area contributed by atoms with Crippen molar-refractivity contribution in [1.82, 2.24) is 15.5 Å². The summed E-state index contributed by atoms with van der Waals surface area (Å²) in [6.07, 6.45) is 2.60. The van der Waals surface area contributed by atoms with E-state index in [0.717, 1.165) is 58.2 Å². The number of nitrogens with zero attached hydrogens (tertiary/aromatic N) is 2. The smallest absolute Gasteiger partial charge is 0.191 e. The summed E-state index contributed by atoms with van der Waals surface area (Å²) in [5.74, 6) is 1.63. The van der Waals surface area contributed by atoms with Crippen LogP contribution in [0.5, 0.6) is 5.75 Å². The fourth-order valence-corrected chi connectivity index (χ4v) is 3.84. The molecule has 9 heteroatoms. The van der Waals surface area contributed by atoms with Crippen molar-refractivity contribution in [3.05, 3.63) is 30.1 Å². The lowest BCUT2D eigenvalue weighted by molar-refractivity contribution is 0.114. The van der Waals surface area contributed by atoms with E-state index < -0.39 is 6.10 Å². The molecule has 2 aliphatic rings. The Bertz CT molecular complexity index is 651. The molecule has 2 atom stereocenters. The summed E-state index contributed by atoms with van der Waals surface area (Å²) in [5, 5.41) is 16.9. The number of hydrogen-bond donors (Lipinski definition) is 3.